The molecule has 0 aromatic carbocycles. The Morgan fingerprint density at radius 2 is 2.33 bits per heavy atom. The molecule has 1 N–H and O–H groups in total. The molecule has 0 amide bonds. The van der Waals surface area contributed by atoms with Crippen LogP contribution in [0.2, 0.25) is 0 Å². The van der Waals surface area contributed by atoms with Crippen molar-refractivity contribution >= 4 is 5.78 Å². The average molecular weight is 210 g/mol. The van der Waals surface area contributed by atoms with Gasteiger partial charge in [0.15, 0.2) is 0 Å². The highest BCUT2D eigenvalue weighted by molar-refractivity contribution is 5.80. The number of aliphatic hydroxyl groups is 1. The smallest absolute Gasteiger partial charge is 0.139 e. The van der Waals surface area contributed by atoms with Gasteiger partial charge in [-0.15, -0.1) is 0 Å². The summed E-state index contributed by atoms with van der Waals surface area (Å²) < 4.78 is 1.84. The summed E-state index contributed by atoms with van der Waals surface area (Å²) in [5, 5.41) is 12.9. The van der Waals surface area contributed by atoms with Crippen LogP contribution in [0.15, 0.2) is 12.3 Å². The number of Topliss-reactive ketones (excluding diaryl/α,β-unsaturated/α-hetero) is 1. The third-order valence-electron chi connectivity index (χ3n) is 2.18. The molecule has 0 bridgehead atoms. The second-order valence-corrected chi connectivity index (χ2v) is 3.92. The second kappa shape index (κ2) is 5.66. The zero-order valence-corrected chi connectivity index (χ0v) is 9.31. The van der Waals surface area contributed by atoms with Gasteiger partial charge in [0, 0.05) is 25.3 Å². The maximum atomic E-state index is 11.4. The van der Waals surface area contributed by atoms with Crippen molar-refractivity contribution < 1.29 is 9.90 Å². The summed E-state index contributed by atoms with van der Waals surface area (Å²) in [5.74, 6) is 0.137. The van der Waals surface area contributed by atoms with Crippen LogP contribution >= 0.6 is 0 Å². The van der Waals surface area contributed by atoms with Gasteiger partial charge < -0.3 is 5.11 Å². The predicted molar refractivity (Wildman–Crippen MR) is 57.6 cm³/mol. The minimum atomic E-state index is 0.0756. The average Bonchev–Trinajstić information content (AvgIpc) is 2.63. The number of ketones is 1. The molecule has 0 spiro atoms. The maximum absolute atomic E-state index is 11.4. The lowest BCUT2D eigenvalue weighted by Gasteiger charge is -2.03. The number of carbonyl (C=O) groups is 1. The lowest BCUT2D eigenvalue weighted by Crippen LogP contribution is -2.06. The van der Waals surface area contributed by atoms with Crippen molar-refractivity contribution in [1.82, 2.24) is 9.78 Å². The number of nitrogens with zero attached hydrogens (tertiary/aromatic N) is 2. The lowest BCUT2D eigenvalue weighted by atomic mass is 10.1. The Kier molecular flexibility index (Phi) is 4.49. The molecule has 15 heavy (non-hydrogen) atoms. The summed E-state index contributed by atoms with van der Waals surface area (Å²) in [6.07, 6.45) is 3.24. The Bertz CT molecular complexity index is 318. The number of rotatable bonds is 6. The zero-order valence-electron chi connectivity index (χ0n) is 9.31. The van der Waals surface area contributed by atoms with Crippen molar-refractivity contribution in [2.45, 2.75) is 39.2 Å². The normalized spacial score (nSPS) is 10.9. The van der Waals surface area contributed by atoms with Gasteiger partial charge in [0.25, 0.3) is 0 Å². The Morgan fingerprint density at radius 3 is 2.87 bits per heavy atom. The fourth-order valence-corrected chi connectivity index (χ4v) is 1.33. The summed E-state index contributed by atoms with van der Waals surface area (Å²) >= 11 is 0. The molecule has 0 atom stereocenters. The number of hydrogen-bond donors (Lipinski definition) is 1. The van der Waals surface area contributed by atoms with E-state index in [1.807, 2.05) is 30.8 Å². The monoisotopic (exact) mass is 210 g/mol. The zero-order chi connectivity index (χ0) is 11.3. The first-order chi connectivity index (χ1) is 7.13. The van der Waals surface area contributed by atoms with Crippen molar-refractivity contribution in [3.63, 3.8) is 0 Å². The molecule has 1 rings (SSSR count). The molecule has 0 aliphatic rings. The van der Waals surface area contributed by atoms with Gasteiger partial charge in [0.1, 0.15) is 5.78 Å². The lowest BCUT2D eigenvalue weighted by molar-refractivity contribution is -0.118. The van der Waals surface area contributed by atoms with Gasteiger partial charge in [0.2, 0.25) is 0 Å². The van der Waals surface area contributed by atoms with E-state index in [4.69, 9.17) is 5.11 Å². The SMILES string of the molecule is CC(C)n1ccc(CC(=O)CCCO)n1. The highest BCUT2D eigenvalue weighted by Gasteiger charge is 2.07. The topological polar surface area (TPSA) is 55.1 Å². The van der Waals surface area contributed by atoms with Crippen LogP contribution in [0.4, 0.5) is 0 Å². The molecular formula is C11H18N2O2. The Labute approximate surface area is 89.9 Å². The summed E-state index contributed by atoms with van der Waals surface area (Å²) in [6, 6.07) is 2.20. The van der Waals surface area contributed by atoms with Gasteiger partial charge in [-0.05, 0) is 26.3 Å². The molecule has 4 nitrogen and oxygen atoms in total. The van der Waals surface area contributed by atoms with Crippen LogP contribution < -0.4 is 0 Å². The van der Waals surface area contributed by atoms with Crippen molar-refractivity contribution in [1.29, 1.82) is 0 Å². The van der Waals surface area contributed by atoms with Crippen LogP contribution in [0.3, 0.4) is 0 Å². The van der Waals surface area contributed by atoms with E-state index in [1.54, 1.807) is 0 Å². The molecule has 1 aromatic heterocycles. The standard InChI is InChI=1S/C11H18N2O2/c1-9(2)13-6-5-10(12-13)8-11(15)4-3-7-14/h5-6,9,14H,3-4,7-8H2,1-2H3. The van der Waals surface area contributed by atoms with Crippen LogP contribution in [0, 0.1) is 0 Å². The minimum absolute atomic E-state index is 0.0756. The van der Waals surface area contributed by atoms with E-state index in [9.17, 15) is 4.79 Å². The molecule has 0 aliphatic carbocycles. The molecule has 4 heteroatoms. The molecular weight excluding hydrogens is 192 g/mol. The largest absolute Gasteiger partial charge is 0.396 e. The van der Waals surface area contributed by atoms with E-state index in [0.717, 1.165) is 5.69 Å². The molecule has 0 fully saturated rings. The van der Waals surface area contributed by atoms with Crippen molar-refractivity contribution in [2.24, 2.45) is 0 Å². The first kappa shape index (κ1) is 11.9. The molecule has 0 saturated carbocycles. The van der Waals surface area contributed by atoms with Gasteiger partial charge in [-0.1, -0.05) is 0 Å². The third kappa shape index (κ3) is 3.83. The third-order valence-corrected chi connectivity index (χ3v) is 2.18. The number of hydrogen-bond acceptors (Lipinski definition) is 3. The van der Waals surface area contributed by atoms with Crippen LogP contribution in [-0.4, -0.2) is 27.3 Å². The van der Waals surface area contributed by atoms with E-state index in [2.05, 4.69) is 5.10 Å². The van der Waals surface area contributed by atoms with E-state index in [1.165, 1.54) is 0 Å². The van der Waals surface area contributed by atoms with Crippen LogP contribution in [-0.2, 0) is 11.2 Å². The van der Waals surface area contributed by atoms with Gasteiger partial charge in [-0.2, -0.15) is 5.10 Å². The number of carbonyl (C=O) groups excluding carboxylic acids is 1. The fourth-order valence-electron chi connectivity index (χ4n) is 1.33. The van der Waals surface area contributed by atoms with Crippen molar-refractivity contribution in [3.8, 4) is 0 Å². The van der Waals surface area contributed by atoms with Crippen LogP contribution in [0.5, 0.6) is 0 Å². The van der Waals surface area contributed by atoms with Crippen molar-refractivity contribution in [2.75, 3.05) is 6.61 Å². The van der Waals surface area contributed by atoms with Crippen molar-refractivity contribution in [3.05, 3.63) is 18.0 Å². The predicted octanol–water partition coefficient (Wildman–Crippen LogP) is 1.35. The highest BCUT2D eigenvalue weighted by atomic mass is 16.3. The van der Waals surface area contributed by atoms with Crippen LogP contribution in [0.1, 0.15) is 38.4 Å². The molecule has 0 aliphatic heterocycles. The number of aliphatic hydroxyl groups excluding tert-OH is 1. The Balaban J connectivity index is 2.46. The molecule has 1 heterocycles. The Hall–Kier alpha value is -1.16. The van der Waals surface area contributed by atoms with E-state index in [0.29, 0.717) is 25.3 Å². The fraction of sp³-hybridized carbons (Fsp3) is 0.636. The van der Waals surface area contributed by atoms with E-state index in [-0.39, 0.29) is 12.4 Å². The highest BCUT2D eigenvalue weighted by Crippen LogP contribution is 2.06. The van der Waals surface area contributed by atoms with Gasteiger partial charge in [-0.3, -0.25) is 9.48 Å². The quantitative estimate of drug-likeness (QED) is 0.771. The summed E-state index contributed by atoms with van der Waals surface area (Å²) in [4.78, 5) is 11.4. The minimum Gasteiger partial charge on any atom is -0.396 e. The summed E-state index contributed by atoms with van der Waals surface area (Å²) in [6.45, 7) is 4.17. The molecule has 1 aromatic rings. The Morgan fingerprint density at radius 1 is 1.60 bits per heavy atom. The first-order valence-electron chi connectivity index (χ1n) is 5.30. The number of aromatic nitrogens is 2. The van der Waals surface area contributed by atoms with E-state index < -0.39 is 0 Å². The second-order valence-electron chi connectivity index (χ2n) is 3.92. The maximum Gasteiger partial charge on any atom is 0.139 e. The van der Waals surface area contributed by atoms with Crippen LogP contribution in [0.25, 0.3) is 0 Å². The van der Waals surface area contributed by atoms with Gasteiger partial charge >= 0.3 is 0 Å². The summed E-state index contributed by atoms with van der Waals surface area (Å²) in [7, 11) is 0. The molecule has 0 unspecified atom stereocenters. The van der Waals surface area contributed by atoms with Gasteiger partial charge in [-0.25, -0.2) is 0 Å². The van der Waals surface area contributed by atoms with Gasteiger partial charge in [0.05, 0.1) is 12.1 Å². The first-order valence-corrected chi connectivity index (χ1v) is 5.30. The molecule has 84 valence electrons. The summed E-state index contributed by atoms with van der Waals surface area (Å²) in [5.41, 5.74) is 0.812. The van der Waals surface area contributed by atoms with E-state index >= 15 is 0 Å². The molecule has 0 saturated heterocycles. The molecule has 0 radical (unpaired) electrons.